The third-order valence-corrected chi connectivity index (χ3v) is 1.34. The normalized spacial score (nSPS) is 13.9. The molecule has 0 heterocycles. The van der Waals surface area contributed by atoms with Crippen LogP contribution in [0.5, 0.6) is 0 Å². The maximum Gasteiger partial charge on any atom is 0.410 e. The standard InChI is InChI=1S/C6H4F6O2/c1-2-4(7,8)6(11,12)5(9,10)3(13)14/h2H,1H2,(H,13,14). The molecule has 8 heteroatoms. The predicted octanol–water partition coefficient (Wildman–Crippen LogP) is 2.16. The van der Waals surface area contributed by atoms with E-state index in [2.05, 4.69) is 6.58 Å². The molecule has 0 unspecified atom stereocenters. The van der Waals surface area contributed by atoms with Gasteiger partial charge in [-0.25, -0.2) is 4.79 Å². The Bertz CT molecular complexity index is 259. The monoisotopic (exact) mass is 222 g/mol. The molecule has 0 spiro atoms. The van der Waals surface area contributed by atoms with E-state index in [0.717, 1.165) is 0 Å². The molecule has 1 N–H and O–H groups in total. The highest BCUT2D eigenvalue weighted by Crippen LogP contribution is 2.46. The summed E-state index contributed by atoms with van der Waals surface area (Å²) in [7, 11) is 0. The lowest BCUT2D eigenvalue weighted by Gasteiger charge is -2.27. The number of allylic oxidation sites excluding steroid dienone is 1. The molecule has 0 aliphatic rings. The number of halogens is 6. The molecule has 0 aromatic rings. The molecule has 0 aromatic heterocycles. The lowest BCUT2D eigenvalue weighted by molar-refractivity contribution is -0.287. The second kappa shape index (κ2) is 3.18. The fourth-order valence-corrected chi connectivity index (χ4v) is 0.472. The van der Waals surface area contributed by atoms with Gasteiger partial charge in [0.25, 0.3) is 0 Å². The van der Waals surface area contributed by atoms with Crippen molar-refractivity contribution < 1.29 is 36.2 Å². The first kappa shape index (κ1) is 12.8. The number of alkyl halides is 6. The molecule has 0 aliphatic heterocycles. The quantitative estimate of drug-likeness (QED) is 0.584. The summed E-state index contributed by atoms with van der Waals surface area (Å²) >= 11 is 0. The minimum absolute atomic E-state index is 0.732. The van der Waals surface area contributed by atoms with Gasteiger partial charge in [-0.1, -0.05) is 6.58 Å². The van der Waals surface area contributed by atoms with E-state index in [0.29, 0.717) is 0 Å². The first-order valence-corrected chi connectivity index (χ1v) is 3.01. The van der Waals surface area contributed by atoms with Gasteiger partial charge in [-0.15, -0.1) is 0 Å². The van der Waals surface area contributed by atoms with Gasteiger partial charge in [0.2, 0.25) is 0 Å². The van der Waals surface area contributed by atoms with Crippen LogP contribution in [0.2, 0.25) is 0 Å². The number of aliphatic carboxylic acids is 1. The maximum absolute atomic E-state index is 12.3. The summed E-state index contributed by atoms with van der Waals surface area (Å²) in [6.07, 6.45) is -0.732. The van der Waals surface area contributed by atoms with Crippen molar-refractivity contribution in [2.24, 2.45) is 0 Å². The molecule has 0 saturated heterocycles. The molecular weight excluding hydrogens is 218 g/mol. The number of carboxylic acids is 1. The van der Waals surface area contributed by atoms with Crippen molar-refractivity contribution in [3.8, 4) is 0 Å². The van der Waals surface area contributed by atoms with E-state index in [4.69, 9.17) is 5.11 Å². The second-order valence-corrected chi connectivity index (χ2v) is 2.28. The molecule has 14 heavy (non-hydrogen) atoms. The third kappa shape index (κ3) is 1.55. The first-order chi connectivity index (χ1) is 6.00. The zero-order valence-corrected chi connectivity index (χ0v) is 6.41. The molecule has 0 atom stereocenters. The Kier molecular flexibility index (Phi) is 2.90. The molecule has 0 aromatic carbocycles. The Morgan fingerprint density at radius 3 is 1.71 bits per heavy atom. The van der Waals surface area contributed by atoms with Crippen molar-refractivity contribution in [2.45, 2.75) is 17.8 Å². The predicted molar refractivity (Wildman–Crippen MR) is 32.7 cm³/mol. The van der Waals surface area contributed by atoms with Gasteiger partial charge in [-0.05, 0) is 6.08 Å². The fourth-order valence-electron chi connectivity index (χ4n) is 0.472. The van der Waals surface area contributed by atoms with Crippen molar-refractivity contribution >= 4 is 5.97 Å². The Hall–Kier alpha value is -1.21. The zero-order valence-electron chi connectivity index (χ0n) is 6.41. The van der Waals surface area contributed by atoms with Crippen LogP contribution in [0.15, 0.2) is 12.7 Å². The lowest BCUT2D eigenvalue weighted by atomic mass is 10.1. The van der Waals surface area contributed by atoms with Gasteiger partial charge in [-0.2, -0.15) is 26.3 Å². The SMILES string of the molecule is C=CC(F)(F)C(F)(F)C(F)(F)C(=O)O. The van der Waals surface area contributed by atoms with E-state index in [1.807, 2.05) is 0 Å². The maximum atomic E-state index is 12.3. The summed E-state index contributed by atoms with van der Waals surface area (Å²) in [6, 6.07) is 0. The number of hydrogen-bond donors (Lipinski definition) is 1. The van der Waals surface area contributed by atoms with Gasteiger partial charge >= 0.3 is 23.7 Å². The van der Waals surface area contributed by atoms with Gasteiger partial charge in [-0.3, -0.25) is 0 Å². The van der Waals surface area contributed by atoms with E-state index in [1.165, 1.54) is 0 Å². The molecule has 0 aliphatic carbocycles. The Balaban J connectivity index is 5.35. The minimum atomic E-state index is -6.02. The van der Waals surface area contributed by atoms with Gasteiger partial charge in [0, 0.05) is 0 Å². The first-order valence-electron chi connectivity index (χ1n) is 3.01. The summed E-state index contributed by atoms with van der Waals surface area (Å²) in [5.41, 5.74) is 0. The highest BCUT2D eigenvalue weighted by molar-refractivity contribution is 5.77. The van der Waals surface area contributed by atoms with Crippen LogP contribution in [0.1, 0.15) is 0 Å². The largest absolute Gasteiger partial charge is 0.477 e. The van der Waals surface area contributed by atoms with Crippen molar-refractivity contribution in [3.63, 3.8) is 0 Å². The van der Waals surface area contributed by atoms with Gasteiger partial charge in [0.1, 0.15) is 0 Å². The average Bonchev–Trinajstić information content (AvgIpc) is 2.03. The number of carboxylic acid groups (broad SMARTS) is 1. The molecular formula is C6H4F6O2. The van der Waals surface area contributed by atoms with E-state index in [9.17, 15) is 31.1 Å². The molecule has 0 saturated carbocycles. The van der Waals surface area contributed by atoms with Crippen LogP contribution in [-0.4, -0.2) is 28.8 Å². The number of carbonyl (C=O) groups is 1. The fraction of sp³-hybridized carbons (Fsp3) is 0.500. The van der Waals surface area contributed by atoms with E-state index in [-0.39, 0.29) is 0 Å². The highest BCUT2D eigenvalue weighted by Gasteiger charge is 2.74. The third-order valence-electron chi connectivity index (χ3n) is 1.34. The molecule has 0 radical (unpaired) electrons. The highest BCUT2D eigenvalue weighted by atomic mass is 19.3. The molecule has 0 rings (SSSR count). The van der Waals surface area contributed by atoms with Crippen LogP contribution >= 0.6 is 0 Å². The van der Waals surface area contributed by atoms with E-state index < -0.39 is 29.8 Å². The Labute approximate surface area is 73.8 Å². The Morgan fingerprint density at radius 2 is 1.50 bits per heavy atom. The molecule has 0 bridgehead atoms. The van der Waals surface area contributed by atoms with Crippen LogP contribution in [0.3, 0.4) is 0 Å². The van der Waals surface area contributed by atoms with Crippen LogP contribution in [0, 0.1) is 0 Å². The number of rotatable bonds is 4. The van der Waals surface area contributed by atoms with Gasteiger partial charge in [0.05, 0.1) is 0 Å². The Morgan fingerprint density at radius 1 is 1.14 bits per heavy atom. The van der Waals surface area contributed by atoms with Crippen molar-refractivity contribution in [2.75, 3.05) is 0 Å². The smallest absolute Gasteiger partial charge is 0.410 e. The zero-order chi connectivity index (χ0) is 11.8. The molecule has 0 amide bonds. The van der Waals surface area contributed by atoms with Crippen LogP contribution in [0.25, 0.3) is 0 Å². The second-order valence-electron chi connectivity index (χ2n) is 2.28. The summed E-state index contributed by atoms with van der Waals surface area (Å²) in [5, 5.41) is 7.64. The van der Waals surface area contributed by atoms with Crippen LogP contribution < -0.4 is 0 Å². The number of hydrogen-bond acceptors (Lipinski definition) is 1. The van der Waals surface area contributed by atoms with Gasteiger partial charge < -0.3 is 5.11 Å². The minimum Gasteiger partial charge on any atom is -0.477 e. The average molecular weight is 222 g/mol. The summed E-state index contributed by atoms with van der Waals surface area (Å²) < 4.78 is 73.2. The van der Waals surface area contributed by atoms with E-state index in [1.54, 1.807) is 0 Å². The van der Waals surface area contributed by atoms with Crippen LogP contribution in [0.4, 0.5) is 26.3 Å². The summed E-state index contributed by atoms with van der Waals surface area (Å²) in [5.74, 6) is -20.5. The lowest BCUT2D eigenvalue weighted by Crippen LogP contribution is -2.57. The topological polar surface area (TPSA) is 37.3 Å². The van der Waals surface area contributed by atoms with Crippen LogP contribution in [-0.2, 0) is 4.79 Å². The molecule has 0 fully saturated rings. The van der Waals surface area contributed by atoms with Crippen molar-refractivity contribution in [1.29, 1.82) is 0 Å². The summed E-state index contributed by atoms with van der Waals surface area (Å²) in [6.45, 7) is 2.22. The van der Waals surface area contributed by atoms with Gasteiger partial charge in [0.15, 0.2) is 0 Å². The summed E-state index contributed by atoms with van der Waals surface area (Å²) in [4.78, 5) is 9.63. The van der Waals surface area contributed by atoms with Crippen molar-refractivity contribution in [1.82, 2.24) is 0 Å². The van der Waals surface area contributed by atoms with E-state index >= 15 is 0 Å². The molecule has 82 valence electrons. The molecule has 2 nitrogen and oxygen atoms in total. The van der Waals surface area contributed by atoms with Crippen molar-refractivity contribution in [3.05, 3.63) is 12.7 Å².